The first-order valence-corrected chi connectivity index (χ1v) is 4.84. The van der Waals surface area contributed by atoms with Crippen molar-refractivity contribution in [2.24, 2.45) is 0 Å². The van der Waals surface area contributed by atoms with Gasteiger partial charge in [-0.3, -0.25) is 4.79 Å². The van der Waals surface area contributed by atoms with Gasteiger partial charge in [-0.1, -0.05) is 12.2 Å². The van der Waals surface area contributed by atoms with Crippen LogP contribution in [0.2, 0.25) is 0 Å². The predicted octanol–water partition coefficient (Wildman–Crippen LogP) is 1.72. The first-order valence-electron chi connectivity index (χ1n) is 4.84. The molecule has 2 rings (SSSR count). The lowest BCUT2D eigenvalue weighted by atomic mass is 10.0. The second-order valence-electron chi connectivity index (χ2n) is 3.62. The van der Waals surface area contributed by atoms with Gasteiger partial charge in [0, 0.05) is 19.0 Å². The fourth-order valence-electron chi connectivity index (χ4n) is 2.07. The van der Waals surface area contributed by atoms with Crippen LogP contribution in [-0.4, -0.2) is 23.4 Å². The molecule has 0 aromatic carbocycles. The zero-order chi connectivity index (χ0) is 8.39. The van der Waals surface area contributed by atoms with Gasteiger partial charge < -0.3 is 4.90 Å². The molecule has 2 aliphatic rings. The second kappa shape index (κ2) is 3.30. The highest BCUT2D eigenvalue weighted by Crippen LogP contribution is 2.21. The molecule has 0 bridgehead atoms. The van der Waals surface area contributed by atoms with E-state index in [0.29, 0.717) is 18.4 Å². The Bertz CT molecular complexity index is 210. The maximum absolute atomic E-state index is 11.5. The molecule has 1 amide bonds. The summed E-state index contributed by atoms with van der Waals surface area (Å²) < 4.78 is 0. The number of hydrogen-bond acceptors (Lipinski definition) is 1. The first kappa shape index (κ1) is 7.84. The molecular weight excluding hydrogens is 150 g/mol. The third-order valence-corrected chi connectivity index (χ3v) is 2.75. The summed E-state index contributed by atoms with van der Waals surface area (Å²) in [5.74, 6) is 0.352. The van der Waals surface area contributed by atoms with Crippen LogP contribution in [0.5, 0.6) is 0 Å². The lowest BCUT2D eigenvalue weighted by Crippen LogP contribution is -2.41. The van der Waals surface area contributed by atoms with Crippen LogP contribution in [-0.2, 0) is 4.79 Å². The molecule has 2 heterocycles. The van der Waals surface area contributed by atoms with E-state index < -0.39 is 0 Å². The van der Waals surface area contributed by atoms with E-state index in [2.05, 4.69) is 12.2 Å². The number of rotatable bonds is 0. The largest absolute Gasteiger partial charge is 0.336 e. The summed E-state index contributed by atoms with van der Waals surface area (Å²) >= 11 is 0. The fraction of sp³-hybridized carbons (Fsp3) is 0.700. The number of allylic oxidation sites excluding steroid dienone is 1. The summed E-state index contributed by atoms with van der Waals surface area (Å²) in [6, 6.07) is 0.425. The number of carbonyl (C=O) groups is 1. The molecule has 0 radical (unpaired) electrons. The maximum Gasteiger partial charge on any atom is 0.223 e. The number of amides is 1. The molecule has 0 aliphatic carbocycles. The Morgan fingerprint density at radius 1 is 1.42 bits per heavy atom. The van der Waals surface area contributed by atoms with Crippen LogP contribution in [0.3, 0.4) is 0 Å². The standard InChI is InChI=1S/C10H15NO/c12-10-7-2-1-5-9-6-3-4-8-11(9)10/h1,5,9H,2-4,6-8H2/t9-/m1/s1. The molecular formula is C10H15NO. The van der Waals surface area contributed by atoms with Gasteiger partial charge in [0.1, 0.15) is 0 Å². The lowest BCUT2D eigenvalue weighted by molar-refractivity contribution is -0.133. The molecule has 1 fully saturated rings. The van der Waals surface area contributed by atoms with Crippen molar-refractivity contribution in [2.45, 2.75) is 38.1 Å². The molecule has 0 unspecified atom stereocenters. The first-order chi connectivity index (χ1) is 5.88. The van der Waals surface area contributed by atoms with Gasteiger partial charge in [0.05, 0.1) is 0 Å². The summed E-state index contributed by atoms with van der Waals surface area (Å²) in [4.78, 5) is 13.6. The molecule has 0 spiro atoms. The van der Waals surface area contributed by atoms with Crippen molar-refractivity contribution in [1.29, 1.82) is 0 Å². The van der Waals surface area contributed by atoms with Gasteiger partial charge in [0.25, 0.3) is 0 Å². The monoisotopic (exact) mass is 165 g/mol. The van der Waals surface area contributed by atoms with Crippen LogP contribution in [0.25, 0.3) is 0 Å². The highest BCUT2D eigenvalue weighted by Gasteiger charge is 2.25. The number of piperidine rings is 1. The van der Waals surface area contributed by atoms with Crippen LogP contribution in [0, 0.1) is 0 Å². The molecule has 2 aliphatic heterocycles. The van der Waals surface area contributed by atoms with Gasteiger partial charge in [-0.2, -0.15) is 0 Å². The second-order valence-corrected chi connectivity index (χ2v) is 3.62. The van der Waals surface area contributed by atoms with Crippen molar-refractivity contribution in [1.82, 2.24) is 4.90 Å². The van der Waals surface area contributed by atoms with Crippen molar-refractivity contribution in [3.63, 3.8) is 0 Å². The smallest absolute Gasteiger partial charge is 0.223 e. The Morgan fingerprint density at radius 3 is 3.25 bits per heavy atom. The minimum atomic E-state index is 0.352. The summed E-state index contributed by atoms with van der Waals surface area (Å²) in [5, 5.41) is 0. The van der Waals surface area contributed by atoms with Crippen LogP contribution in [0.4, 0.5) is 0 Å². The summed E-state index contributed by atoms with van der Waals surface area (Å²) in [6.07, 6.45) is 9.66. The van der Waals surface area contributed by atoms with E-state index in [9.17, 15) is 4.79 Å². The molecule has 66 valence electrons. The van der Waals surface area contributed by atoms with Crippen LogP contribution >= 0.6 is 0 Å². The molecule has 0 N–H and O–H groups in total. The Hall–Kier alpha value is -0.790. The molecule has 0 saturated carbocycles. The van der Waals surface area contributed by atoms with Crippen LogP contribution in [0.1, 0.15) is 32.1 Å². The third kappa shape index (κ3) is 1.38. The molecule has 1 atom stereocenters. The lowest BCUT2D eigenvalue weighted by Gasteiger charge is -2.32. The Morgan fingerprint density at radius 2 is 2.33 bits per heavy atom. The number of hydrogen-bond donors (Lipinski definition) is 0. The highest BCUT2D eigenvalue weighted by atomic mass is 16.2. The van der Waals surface area contributed by atoms with Crippen LogP contribution < -0.4 is 0 Å². The average Bonchev–Trinajstić information content (AvgIpc) is 2.29. The number of nitrogens with zero attached hydrogens (tertiary/aromatic N) is 1. The van der Waals surface area contributed by atoms with E-state index in [-0.39, 0.29) is 0 Å². The van der Waals surface area contributed by atoms with Crippen molar-refractivity contribution >= 4 is 5.91 Å². The third-order valence-electron chi connectivity index (χ3n) is 2.75. The van der Waals surface area contributed by atoms with Gasteiger partial charge in [0.2, 0.25) is 5.91 Å². The van der Waals surface area contributed by atoms with E-state index in [1.165, 1.54) is 19.3 Å². The predicted molar refractivity (Wildman–Crippen MR) is 47.7 cm³/mol. The zero-order valence-electron chi connectivity index (χ0n) is 7.33. The minimum absolute atomic E-state index is 0.352. The van der Waals surface area contributed by atoms with Crippen molar-refractivity contribution in [3.05, 3.63) is 12.2 Å². The van der Waals surface area contributed by atoms with E-state index in [1.54, 1.807) is 0 Å². The molecule has 1 saturated heterocycles. The van der Waals surface area contributed by atoms with Gasteiger partial charge in [-0.25, -0.2) is 0 Å². The van der Waals surface area contributed by atoms with Gasteiger partial charge in [0.15, 0.2) is 0 Å². The molecule has 0 aromatic heterocycles. The SMILES string of the molecule is O=C1CCC=C[C@@H]2CCCCN12. The van der Waals surface area contributed by atoms with Gasteiger partial charge in [-0.05, 0) is 25.7 Å². The zero-order valence-corrected chi connectivity index (χ0v) is 7.33. The average molecular weight is 165 g/mol. The molecule has 2 heteroatoms. The number of carbonyl (C=O) groups excluding carboxylic acids is 1. The van der Waals surface area contributed by atoms with Crippen molar-refractivity contribution < 1.29 is 4.79 Å². The maximum atomic E-state index is 11.5. The van der Waals surface area contributed by atoms with E-state index >= 15 is 0 Å². The number of fused-ring (bicyclic) bond motifs is 1. The normalized spacial score (nSPS) is 29.8. The molecule has 2 nitrogen and oxygen atoms in total. The van der Waals surface area contributed by atoms with Crippen molar-refractivity contribution in [2.75, 3.05) is 6.54 Å². The summed E-state index contributed by atoms with van der Waals surface area (Å²) in [6.45, 7) is 0.980. The summed E-state index contributed by atoms with van der Waals surface area (Å²) in [7, 11) is 0. The van der Waals surface area contributed by atoms with Gasteiger partial charge >= 0.3 is 0 Å². The minimum Gasteiger partial charge on any atom is -0.336 e. The molecule has 0 aromatic rings. The topological polar surface area (TPSA) is 20.3 Å². The van der Waals surface area contributed by atoms with Gasteiger partial charge in [-0.15, -0.1) is 0 Å². The van der Waals surface area contributed by atoms with E-state index in [0.717, 1.165) is 13.0 Å². The molecule has 12 heavy (non-hydrogen) atoms. The van der Waals surface area contributed by atoms with E-state index in [1.807, 2.05) is 4.90 Å². The van der Waals surface area contributed by atoms with Crippen LogP contribution in [0.15, 0.2) is 12.2 Å². The Kier molecular flexibility index (Phi) is 2.15. The fourth-order valence-corrected chi connectivity index (χ4v) is 2.07. The Labute approximate surface area is 73.2 Å². The summed E-state index contributed by atoms with van der Waals surface area (Å²) in [5.41, 5.74) is 0. The Balaban J connectivity index is 2.14. The van der Waals surface area contributed by atoms with E-state index in [4.69, 9.17) is 0 Å². The quantitative estimate of drug-likeness (QED) is 0.500. The van der Waals surface area contributed by atoms with Crippen molar-refractivity contribution in [3.8, 4) is 0 Å². The highest BCUT2D eigenvalue weighted by molar-refractivity contribution is 5.77.